The van der Waals surface area contributed by atoms with Gasteiger partial charge < -0.3 is 9.47 Å². The molecule has 6 nitrogen and oxygen atoms in total. The summed E-state index contributed by atoms with van der Waals surface area (Å²) < 4.78 is 12.5. The van der Waals surface area contributed by atoms with Crippen molar-refractivity contribution < 1.29 is 9.47 Å². The summed E-state index contributed by atoms with van der Waals surface area (Å²) >= 11 is 0. The third-order valence-corrected chi connectivity index (χ3v) is 6.01. The molecule has 5 rings (SSSR count). The van der Waals surface area contributed by atoms with Gasteiger partial charge in [-0.2, -0.15) is 21.0 Å². The molecular formula is C32H16N4O2. The molecule has 0 radical (unpaired) electrons. The molecule has 0 aliphatic heterocycles. The molecule has 0 aliphatic carbocycles. The minimum absolute atomic E-state index is 0.141. The van der Waals surface area contributed by atoms with Crippen LogP contribution in [-0.4, -0.2) is 0 Å². The van der Waals surface area contributed by atoms with Crippen LogP contribution in [-0.2, 0) is 0 Å². The molecule has 0 fully saturated rings. The maximum atomic E-state index is 9.72. The first kappa shape index (κ1) is 23.7. The lowest BCUT2D eigenvalue weighted by Gasteiger charge is -2.14. The van der Waals surface area contributed by atoms with Crippen LogP contribution in [0.4, 0.5) is 0 Å². The van der Waals surface area contributed by atoms with Crippen LogP contribution in [0.25, 0.3) is 32.7 Å². The van der Waals surface area contributed by atoms with Gasteiger partial charge in [0.05, 0.1) is 0 Å². The Morgan fingerprint density at radius 2 is 0.816 bits per heavy atom. The third-order valence-electron chi connectivity index (χ3n) is 6.01. The molecule has 5 aromatic rings. The summed E-state index contributed by atoms with van der Waals surface area (Å²) in [6.07, 6.45) is 0. The zero-order valence-electron chi connectivity index (χ0n) is 19.8. The highest BCUT2D eigenvalue weighted by molar-refractivity contribution is 5.89. The normalized spacial score (nSPS) is 10.0. The first-order valence-electron chi connectivity index (χ1n) is 11.5. The van der Waals surface area contributed by atoms with Gasteiger partial charge in [-0.15, -0.1) is 0 Å². The molecule has 6 heteroatoms. The molecule has 38 heavy (non-hydrogen) atoms. The lowest BCUT2D eigenvalue weighted by atomic mass is 10.1. The van der Waals surface area contributed by atoms with Crippen LogP contribution >= 0.6 is 0 Å². The average Bonchev–Trinajstić information content (AvgIpc) is 2.96. The molecule has 5 aromatic carbocycles. The van der Waals surface area contributed by atoms with Gasteiger partial charge in [0.15, 0.2) is 0 Å². The number of rotatable bonds is 4. The molecule has 0 bridgehead atoms. The third kappa shape index (κ3) is 4.34. The van der Waals surface area contributed by atoms with Gasteiger partial charge in [0.1, 0.15) is 58.4 Å². The Kier molecular flexibility index (Phi) is 6.39. The Balaban J connectivity index is 1.80. The minimum Gasteiger partial charge on any atom is -0.456 e. The monoisotopic (exact) mass is 488 g/mol. The highest BCUT2D eigenvalue weighted by Crippen LogP contribution is 2.31. The van der Waals surface area contributed by atoms with E-state index in [2.05, 4.69) is 0 Å². The summed E-state index contributed by atoms with van der Waals surface area (Å²) in [7, 11) is 0. The van der Waals surface area contributed by atoms with Gasteiger partial charge in [-0.1, -0.05) is 72.8 Å². The summed E-state index contributed by atoms with van der Waals surface area (Å²) in [6.45, 7) is 0. The van der Waals surface area contributed by atoms with Gasteiger partial charge in [0, 0.05) is 21.2 Å². The van der Waals surface area contributed by atoms with Crippen molar-refractivity contribution in [3.8, 4) is 47.3 Å². The van der Waals surface area contributed by atoms with Crippen molar-refractivity contribution >= 4 is 32.7 Å². The molecule has 0 unspecified atom stereocenters. The Labute approximate surface area is 218 Å². The average molecular weight is 489 g/mol. The lowest BCUT2D eigenvalue weighted by Crippen LogP contribution is -2.18. The molecule has 0 aromatic heterocycles. The number of benzene rings is 5. The first-order valence-corrected chi connectivity index (χ1v) is 11.5. The number of hydrogen-bond acceptors (Lipinski definition) is 6. The summed E-state index contributed by atoms with van der Waals surface area (Å²) in [6, 6.07) is 36.9. The molecule has 0 heterocycles. The van der Waals surface area contributed by atoms with E-state index in [4.69, 9.17) is 9.47 Å². The molecule has 0 saturated carbocycles. The number of fused-ring (bicyclic) bond motifs is 2. The fourth-order valence-electron chi connectivity index (χ4n) is 4.22. The minimum atomic E-state index is -0.204. The highest BCUT2D eigenvalue weighted by Gasteiger charge is 2.15. The van der Waals surface area contributed by atoms with Gasteiger partial charge in [-0.25, -0.2) is 0 Å². The predicted molar refractivity (Wildman–Crippen MR) is 143 cm³/mol. The quantitative estimate of drug-likeness (QED) is 0.308. The van der Waals surface area contributed by atoms with E-state index in [9.17, 15) is 21.0 Å². The molecule has 0 atom stereocenters. The van der Waals surface area contributed by atoms with Crippen LogP contribution in [0.2, 0.25) is 0 Å². The van der Waals surface area contributed by atoms with Crippen molar-refractivity contribution in [2.45, 2.75) is 0 Å². The zero-order chi connectivity index (χ0) is 26.5. The Bertz CT molecular complexity index is 1840. The molecule has 0 N–H and O–H groups in total. The molecule has 0 amide bonds. The summed E-state index contributed by atoms with van der Waals surface area (Å²) in [5.41, 5.74) is -0.407. The van der Waals surface area contributed by atoms with Crippen LogP contribution < -0.4 is 19.9 Å². The Hall–Kier alpha value is -6.08. The van der Waals surface area contributed by atoms with E-state index in [0.29, 0.717) is 11.5 Å². The van der Waals surface area contributed by atoms with E-state index in [0.717, 1.165) is 21.5 Å². The van der Waals surface area contributed by atoms with Crippen LogP contribution in [0.5, 0.6) is 23.0 Å². The van der Waals surface area contributed by atoms with E-state index in [1.165, 1.54) is 12.1 Å². The van der Waals surface area contributed by atoms with Gasteiger partial charge in [0.25, 0.3) is 0 Å². The number of ether oxygens (including phenoxy) is 2. The van der Waals surface area contributed by atoms with Gasteiger partial charge in [0.2, 0.25) is 0 Å². The smallest absolute Gasteiger partial charge is 0.140 e. The van der Waals surface area contributed by atoms with Gasteiger partial charge in [-0.05, 0) is 35.0 Å². The van der Waals surface area contributed by atoms with Crippen molar-refractivity contribution in [1.82, 2.24) is 0 Å². The van der Waals surface area contributed by atoms with E-state index in [1.54, 1.807) is 12.1 Å². The Morgan fingerprint density at radius 1 is 0.447 bits per heavy atom. The number of nitrogens with zero attached hydrogens (tertiary/aromatic N) is 4. The van der Waals surface area contributed by atoms with Crippen molar-refractivity contribution in [3.63, 3.8) is 0 Å². The maximum absolute atomic E-state index is 9.72. The molecule has 0 spiro atoms. The van der Waals surface area contributed by atoms with E-state index in [-0.39, 0.29) is 33.1 Å². The zero-order valence-corrected chi connectivity index (χ0v) is 19.8. The SMILES string of the molecule is N#CC(C#N)=c1cc(Oc2cccc3ccccc23)c(=C(C#N)C#N)cc1Oc1cccc2ccccc12. The largest absolute Gasteiger partial charge is 0.456 e. The molecule has 176 valence electrons. The van der Waals surface area contributed by atoms with Crippen LogP contribution in [0, 0.1) is 45.3 Å². The standard InChI is InChI=1S/C32H16N4O2/c33-17-23(18-34)27-16-32(38-30-14-6-10-22-8-2-4-12-26(22)30)28(24(19-35)20-36)15-31(27)37-29-13-5-9-21-7-1-3-11-25(21)29/h1-16H. The summed E-state index contributed by atoms with van der Waals surface area (Å²) in [5, 5.41) is 42.7. The second-order valence-corrected chi connectivity index (χ2v) is 8.20. The summed E-state index contributed by atoms with van der Waals surface area (Å²) in [4.78, 5) is 0. The van der Waals surface area contributed by atoms with E-state index >= 15 is 0 Å². The first-order chi connectivity index (χ1) is 18.7. The van der Waals surface area contributed by atoms with E-state index in [1.807, 2.05) is 97.1 Å². The van der Waals surface area contributed by atoms with Crippen LogP contribution in [0.15, 0.2) is 97.1 Å². The van der Waals surface area contributed by atoms with Crippen LogP contribution in [0.1, 0.15) is 0 Å². The van der Waals surface area contributed by atoms with Crippen molar-refractivity contribution in [3.05, 3.63) is 107 Å². The lowest BCUT2D eigenvalue weighted by molar-refractivity contribution is 0.468. The molecular weight excluding hydrogens is 472 g/mol. The fourth-order valence-corrected chi connectivity index (χ4v) is 4.22. The predicted octanol–water partition coefficient (Wildman–Crippen LogP) is 5.97. The topological polar surface area (TPSA) is 114 Å². The van der Waals surface area contributed by atoms with Crippen molar-refractivity contribution in [2.24, 2.45) is 0 Å². The summed E-state index contributed by atoms with van der Waals surface area (Å²) in [5.74, 6) is 1.26. The van der Waals surface area contributed by atoms with Crippen LogP contribution in [0.3, 0.4) is 0 Å². The Morgan fingerprint density at radius 3 is 1.21 bits per heavy atom. The second kappa shape index (κ2) is 10.3. The van der Waals surface area contributed by atoms with Crippen molar-refractivity contribution in [2.75, 3.05) is 0 Å². The molecule has 0 aliphatic rings. The highest BCUT2D eigenvalue weighted by atomic mass is 16.5. The van der Waals surface area contributed by atoms with E-state index < -0.39 is 0 Å². The number of hydrogen-bond donors (Lipinski definition) is 0. The number of nitriles is 4. The fraction of sp³-hybridized carbons (Fsp3) is 0. The van der Waals surface area contributed by atoms with Gasteiger partial charge >= 0.3 is 0 Å². The maximum Gasteiger partial charge on any atom is 0.140 e. The van der Waals surface area contributed by atoms with Crippen molar-refractivity contribution in [1.29, 1.82) is 21.0 Å². The second-order valence-electron chi connectivity index (χ2n) is 8.20. The van der Waals surface area contributed by atoms with Gasteiger partial charge in [-0.3, -0.25) is 0 Å². The molecule has 0 saturated heterocycles.